The Morgan fingerprint density at radius 2 is 1.79 bits per heavy atom. The van der Waals surface area contributed by atoms with Crippen molar-refractivity contribution in [1.29, 1.82) is 0 Å². The molecule has 0 aliphatic carbocycles. The number of aryl methyl sites for hydroxylation is 1. The third-order valence-electron chi connectivity index (χ3n) is 3.25. The van der Waals surface area contributed by atoms with E-state index in [9.17, 15) is 0 Å². The van der Waals surface area contributed by atoms with Crippen LogP contribution in [0, 0.1) is 6.92 Å². The summed E-state index contributed by atoms with van der Waals surface area (Å²) >= 11 is 11.9. The maximum absolute atomic E-state index is 6.01. The average Bonchev–Trinajstić information content (AvgIpc) is 2.40. The van der Waals surface area contributed by atoms with Crippen molar-refractivity contribution in [2.24, 2.45) is 0 Å². The highest BCUT2D eigenvalue weighted by Gasteiger charge is 2.07. The third-order valence-corrected chi connectivity index (χ3v) is 3.99. The minimum Gasteiger partial charge on any atom is -0.306 e. The van der Waals surface area contributed by atoms with Crippen molar-refractivity contribution in [3.05, 3.63) is 69.2 Å². The van der Waals surface area contributed by atoms with Gasteiger partial charge in [-0.2, -0.15) is 0 Å². The Bertz CT molecular complexity index is 566. The van der Waals surface area contributed by atoms with Crippen LogP contribution in [0.1, 0.15) is 29.7 Å². The summed E-state index contributed by atoms with van der Waals surface area (Å²) in [5.74, 6) is 0. The van der Waals surface area contributed by atoms with E-state index in [1.807, 2.05) is 18.2 Å². The normalized spacial score (nSPS) is 12.4. The molecule has 1 nitrogen and oxygen atoms in total. The Morgan fingerprint density at radius 3 is 2.47 bits per heavy atom. The first kappa shape index (κ1) is 14.4. The van der Waals surface area contributed by atoms with E-state index in [1.54, 1.807) is 0 Å². The zero-order valence-corrected chi connectivity index (χ0v) is 12.6. The molecule has 0 amide bonds. The third kappa shape index (κ3) is 3.73. The van der Waals surface area contributed by atoms with Crippen LogP contribution >= 0.6 is 23.2 Å². The van der Waals surface area contributed by atoms with E-state index in [2.05, 4.69) is 43.4 Å². The number of nitrogens with one attached hydrogen (secondary N) is 1. The number of hydrogen-bond donors (Lipinski definition) is 1. The molecule has 0 spiro atoms. The standard InChI is InChI=1S/C16H17Cl2N/c1-11-5-3-4-6-14(11)12(2)19-10-13-7-8-15(17)16(18)9-13/h3-9,12,19H,10H2,1-2H3. The number of rotatable bonds is 4. The predicted molar refractivity (Wildman–Crippen MR) is 82.9 cm³/mol. The van der Waals surface area contributed by atoms with Gasteiger partial charge in [-0.1, -0.05) is 53.5 Å². The van der Waals surface area contributed by atoms with Crippen LogP contribution in [0.4, 0.5) is 0 Å². The molecule has 100 valence electrons. The first-order valence-electron chi connectivity index (χ1n) is 6.31. The molecule has 0 saturated carbocycles. The van der Waals surface area contributed by atoms with E-state index >= 15 is 0 Å². The molecule has 1 unspecified atom stereocenters. The highest BCUT2D eigenvalue weighted by atomic mass is 35.5. The minimum atomic E-state index is 0.302. The van der Waals surface area contributed by atoms with Crippen molar-refractivity contribution in [2.45, 2.75) is 26.4 Å². The molecule has 0 heterocycles. The predicted octanol–water partition coefficient (Wildman–Crippen LogP) is 5.15. The fourth-order valence-electron chi connectivity index (χ4n) is 2.10. The van der Waals surface area contributed by atoms with E-state index in [1.165, 1.54) is 11.1 Å². The van der Waals surface area contributed by atoms with E-state index in [0.29, 0.717) is 16.1 Å². The van der Waals surface area contributed by atoms with Crippen molar-refractivity contribution in [3.8, 4) is 0 Å². The van der Waals surface area contributed by atoms with Gasteiger partial charge in [0.05, 0.1) is 10.0 Å². The van der Waals surface area contributed by atoms with E-state index in [0.717, 1.165) is 12.1 Å². The van der Waals surface area contributed by atoms with Crippen molar-refractivity contribution in [2.75, 3.05) is 0 Å². The molecule has 0 bridgehead atoms. The molecule has 2 aromatic carbocycles. The van der Waals surface area contributed by atoms with Crippen LogP contribution in [-0.4, -0.2) is 0 Å². The Kier molecular flexibility index (Phi) is 4.87. The van der Waals surface area contributed by atoms with E-state index in [-0.39, 0.29) is 0 Å². The van der Waals surface area contributed by atoms with Crippen LogP contribution in [-0.2, 0) is 6.54 Å². The molecule has 3 heteroatoms. The SMILES string of the molecule is Cc1ccccc1C(C)NCc1ccc(Cl)c(Cl)c1. The molecule has 2 rings (SSSR count). The molecule has 0 aliphatic heterocycles. The summed E-state index contributed by atoms with van der Waals surface area (Å²) in [6.07, 6.45) is 0. The van der Waals surface area contributed by atoms with Gasteiger partial charge >= 0.3 is 0 Å². The van der Waals surface area contributed by atoms with Gasteiger partial charge < -0.3 is 5.32 Å². The molecule has 1 N–H and O–H groups in total. The molecular weight excluding hydrogens is 277 g/mol. The van der Waals surface area contributed by atoms with Gasteiger partial charge in [-0.3, -0.25) is 0 Å². The molecule has 19 heavy (non-hydrogen) atoms. The molecule has 0 radical (unpaired) electrons. The summed E-state index contributed by atoms with van der Waals surface area (Å²) in [5.41, 5.74) is 3.76. The molecule has 0 aliphatic rings. The molecule has 2 aromatic rings. The molecule has 1 atom stereocenters. The van der Waals surface area contributed by atoms with Crippen molar-refractivity contribution >= 4 is 23.2 Å². The second kappa shape index (κ2) is 6.42. The van der Waals surface area contributed by atoms with Crippen molar-refractivity contribution in [3.63, 3.8) is 0 Å². The Morgan fingerprint density at radius 1 is 1.05 bits per heavy atom. The van der Waals surface area contributed by atoms with Crippen LogP contribution in [0.15, 0.2) is 42.5 Å². The maximum Gasteiger partial charge on any atom is 0.0595 e. The monoisotopic (exact) mass is 293 g/mol. The lowest BCUT2D eigenvalue weighted by molar-refractivity contribution is 0.572. The summed E-state index contributed by atoms with van der Waals surface area (Å²) in [7, 11) is 0. The maximum atomic E-state index is 6.01. The fourth-order valence-corrected chi connectivity index (χ4v) is 2.42. The van der Waals surface area contributed by atoms with Crippen LogP contribution < -0.4 is 5.32 Å². The van der Waals surface area contributed by atoms with Gasteiger partial charge in [-0.15, -0.1) is 0 Å². The zero-order chi connectivity index (χ0) is 13.8. The second-order valence-corrected chi connectivity index (χ2v) is 5.52. The zero-order valence-electron chi connectivity index (χ0n) is 11.1. The highest BCUT2D eigenvalue weighted by Crippen LogP contribution is 2.23. The largest absolute Gasteiger partial charge is 0.306 e. The lowest BCUT2D eigenvalue weighted by atomic mass is 10.0. The van der Waals surface area contributed by atoms with Crippen LogP contribution in [0.2, 0.25) is 10.0 Å². The van der Waals surface area contributed by atoms with Crippen LogP contribution in [0.25, 0.3) is 0 Å². The van der Waals surface area contributed by atoms with Gasteiger partial charge in [0.2, 0.25) is 0 Å². The van der Waals surface area contributed by atoms with Gasteiger partial charge in [0.1, 0.15) is 0 Å². The minimum absolute atomic E-state index is 0.302. The smallest absolute Gasteiger partial charge is 0.0595 e. The topological polar surface area (TPSA) is 12.0 Å². The van der Waals surface area contributed by atoms with Crippen molar-refractivity contribution in [1.82, 2.24) is 5.32 Å². The highest BCUT2D eigenvalue weighted by molar-refractivity contribution is 6.42. The number of hydrogen-bond acceptors (Lipinski definition) is 1. The lowest BCUT2D eigenvalue weighted by Crippen LogP contribution is -2.18. The number of benzene rings is 2. The fraction of sp³-hybridized carbons (Fsp3) is 0.250. The average molecular weight is 294 g/mol. The van der Waals surface area contributed by atoms with Crippen molar-refractivity contribution < 1.29 is 0 Å². The van der Waals surface area contributed by atoms with Gasteiger partial charge in [-0.05, 0) is 42.7 Å². The van der Waals surface area contributed by atoms with Gasteiger partial charge in [0, 0.05) is 12.6 Å². The summed E-state index contributed by atoms with van der Waals surface area (Å²) in [6.45, 7) is 5.07. The lowest BCUT2D eigenvalue weighted by Gasteiger charge is -2.16. The number of halogens is 2. The summed E-state index contributed by atoms with van der Waals surface area (Å²) in [4.78, 5) is 0. The molecule has 0 saturated heterocycles. The van der Waals surface area contributed by atoms with Gasteiger partial charge in [0.25, 0.3) is 0 Å². The van der Waals surface area contributed by atoms with Crippen LogP contribution in [0.3, 0.4) is 0 Å². The molecule has 0 fully saturated rings. The molecular formula is C16H17Cl2N. The Hall–Kier alpha value is -1.02. The van der Waals surface area contributed by atoms with E-state index < -0.39 is 0 Å². The summed E-state index contributed by atoms with van der Waals surface area (Å²) in [5, 5.41) is 4.70. The van der Waals surface area contributed by atoms with E-state index in [4.69, 9.17) is 23.2 Å². The second-order valence-electron chi connectivity index (χ2n) is 4.71. The van der Waals surface area contributed by atoms with Gasteiger partial charge in [0.15, 0.2) is 0 Å². The van der Waals surface area contributed by atoms with Gasteiger partial charge in [-0.25, -0.2) is 0 Å². The van der Waals surface area contributed by atoms with Crippen LogP contribution in [0.5, 0.6) is 0 Å². The summed E-state index contributed by atoms with van der Waals surface area (Å²) in [6, 6.07) is 14.4. The first-order valence-corrected chi connectivity index (χ1v) is 7.06. The Labute approximate surface area is 124 Å². The Balaban J connectivity index is 2.02. The molecule has 0 aromatic heterocycles. The first-order chi connectivity index (χ1) is 9.08. The quantitative estimate of drug-likeness (QED) is 0.822. The summed E-state index contributed by atoms with van der Waals surface area (Å²) < 4.78 is 0.